The quantitative estimate of drug-likeness (QED) is 0.893. The second kappa shape index (κ2) is 5.90. The molecule has 0 saturated heterocycles. The summed E-state index contributed by atoms with van der Waals surface area (Å²) in [6.07, 6.45) is 4.79. The highest BCUT2D eigenvalue weighted by Gasteiger charge is 2.24. The molecule has 0 aliphatic heterocycles. The lowest BCUT2D eigenvalue weighted by Crippen LogP contribution is -2.34. The molecule has 2 N–H and O–H groups in total. The highest BCUT2D eigenvalue weighted by molar-refractivity contribution is 5.89. The number of carbonyl (C=O) groups excluding carboxylic acids is 1. The van der Waals surface area contributed by atoms with Crippen LogP contribution in [0.15, 0.2) is 30.5 Å². The van der Waals surface area contributed by atoms with E-state index in [-0.39, 0.29) is 12.1 Å². The van der Waals surface area contributed by atoms with Gasteiger partial charge >= 0.3 is 6.03 Å². The first-order chi connectivity index (χ1) is 10.7. The number of hydrogen-bond donors (Lipinski definition) is 2. The molecule has 1 unspecified atom stereocenters. The Morgan fingerprint density at radius 2 is 2.18 bits per heavy atom. The Kier molecular flexibility index (Phi) is 3.79. The Labute approximate surface area is 128 Å². The molecule has 0 saturated carbocycles. The summed E-state index contributed by atoms with van der Waals surface area (Å²) in [7, 11) is 1.93. The predicted octanol–water partition coefficient (Wildman–Crippen LogP) is 2.49. The van der Waals surface area contributed by atoms with Crippen LogP contribution in [-0.2, 0) is 13.5 Å². The van der Waals surface area contributed by atoms with Crippen LogP contribution in [0.5, 0.6) is 0 Å². The zero-order valence-electron chi connectivity index (χ0n) is 12.3. The van der Waals surface area contributed by atoms with Crippen LogP contribution in [0.2, 0.25) is 0 Å². The van der Waals surface area contributed by atoms with Gasteiger partial charge in [0.05, 0.1) is 23.9 Å². The molecule has 0 spiro atoms. The molecule has 6 nitrogen and oxygen atoms in total. The third-order valence-corrected chi connectivity index (χ3v) is 3.95. The zero-order valence-corrected chi connectivity index (χ0v) is 12.3. The van der Waals surface area contributed by atoms with Gasteiger partial charge in [0.2, 0.25) is 0 Å². The lowest BCUT2D eigenvalue weighted by atomic mass is 9.93. The molecule has 2 aromatic rings. The third kappa shape index (κ3) is 2.79. The second-order valence-electron chi connectivity index (χ2n) is 5.40. The molecule has 6 heteroatoms. The monoisotopic (exact) mass is 295 g/mol. The lowest BCUT2D eigenvalue weighted by Gasteiger charge is -2.23. The molecule has 1 aromatic heterocycles. The van der Waals surface area contributed by atoms with Crippen LogP contribution >= 0.6 is 0 Å². The maximum Gasteiger partial charge on any atom is 0.319 e. The summed E-state index contributed by atoms with van der Waals surface area (Å²) in [6, 6.07) is 8.59. The molecular formula is C16H17N5O. The summed E-state index contributed by atoms with van der Waals surface area (Å²) in [6.45, 7) is 0. The number of urea groups is 1. The summed E-state index contributed by atoms with van der Waals surface area (Å²) in [4.78, 5) is 12.1. The van der Waals surface area contributed by atoms with Crippen molar-refractivity contribution in [3.05, 3.63) is 47.3 Å². The van der Waals surface area contributed by atoms with E-state index in [4.69, 9.17) is 5.26 Å². The topological polar surface area (TPSA) is 82.7 Å². The van der Waals surface area contributed by atoms with Gasteiger partial charge in [-0.3, -0.25) is 4.68 Å². The molecule has 3 rings (SSSR count). The van der Waals surface area contributed by atoms with E-state index in [0.717, 1.165) is 24.8 Å². The first-order valence-corrected chi connectivity index (χ1v) is 7.26. The van der Waals surface area contributed by atoms with Gasteiger partial charge < -0.3 is 10.6 Å². The number of benzene rings is 1. The van der Waals surface area contributed by atoms with E-state index in [1.54, 1.807) is 24.3 Å². The highest BCUT2D eigenvalue weighted by Crippen LogP contribution is 2.29. The van der Waals surface area contributed by atoms with Crippen molar-refractivity contribution >= 4 is 11.7 Å². The van der Waals surface area contributed by atoms with Crippen LogP contribution in [-0.4, -0.2) is 15.8 Å². The van der Waals surface area contributed by atoms with Crippen molar-refractivity contribution in [1.82, 2.24) is 15.1 Å². The summed E-state index contributed by atoms with van der Waals surface area (Å²) >= 11 is 0. The van der Waals surface area contributed by atoms with Crippen molar-refractivity contribution in [3.8, 4) is 6.07 Å². The van der Waals surface area contributed by atoms with Gasteiger partial charge in [-0.2, -0.15) is 10.4 Å². The van der Waals surface area contributed by atoms with Crippen molar-refractivity contribution in [3.63, 3.8) is 0 Å². The fourth-order valence-corrected chi connectivity index (χ4v) is 2.81. The molecule has 0 radical (unpaired) electrons. The Morgan fingerprint density at radius 1 is 1.41 bits per heavy atom. The molecule has 22 heavy (non-hydrogen) atoms. The van der Waals surface area contributed by atoms with E-state index in [9.17, 15) is 4.79 Å². The third-order valence-electron chi connectivity index (χ3n) is 3.95. The van der Waals surface area contributed by atoms with E-state index in [1.165, 1.54) is 5.69 Å². The SMILES string of the molecule is Cn1ncc2c1CCCC2NC(=O)Nc1ccc(C#N)cc1. The van der Waals surface area contributed by atoms with E-state index in [1.807, 2.05) is 24.0 Å². The number of nitrogens with one attached hydrogen (secondary N) is 2. The van der Waals surface area contributed by atoms with Crippen molar-refractivity contribution in [2.75, 3.05) is 5.32 Å². The molecule has 1 aliphatic carbocycles. The number of hydrogen-bond acceptors (Lipinski definition) is 3. The highest BCUT2D eigenvalue weighted by atomic mass is 16.2. The Bertz CT molecular complexity index is 726. The maximum absolute atomic E-state index is 12.1. The van der Waals surface area contributed by atoms with E-state index >= 15 is 0 Å². The van der Waals surface area contributed by atoms with Gasteiger partial charge in [0.1, 0.15) is 0 Å². The summed E-state index contributed by atoms with van der Waals surface area (Å²) in [5.41, 5.74) is 3.52. The average Bonchev–Trinajstić information content (AvgIpc) is 2.91. The van der Waals surface area contributed by atoms with Crippen molar-refractivity contribution in [1.29, 1.82) is 5.26 Å². The lowest BCUT2D eigenvalue weighted by molar-refractivity contribution is 0.247. The normalized spacial score (nSPS) is 16.5. The van der Waals surface area contributed by atoms with Crippen LogP contribution in [0.3, 0.4) is 0 Å². The number of carbonyl (C=O) groups is 1. The van der Waals surface area contributed by atoms with E-state index < -0.39 is 0 Å². The standard InChI is InChI=1S/C16H17N5O/c1-21-15-4-2-3-14(13(15)10-18-21)20-16(22)19-12-7-5-11(9-17)6-8-12/h5-8,10,14H,2-4H2,1H3,(H2,19,20,22). The number of aryl methyl sites for hydroxylation is 1. The second-order valence-corrected chi connectivity index (χ2v) is 5.40. The summed E-state index contributed by atoms with van der Waals surface area (Å²) in [5.74, 6) is 0. The Morgan fingerprint density at radius 3 is 2.91 bits per heavy atom. The number of nitriles is 1. The van der Waals surface area contributed by atoms with Gasteiger partial charge in [0, 0.05) is 24.0 Å². The van der Waals surface area contributed by atoms with Crippen LogP contribution in [0.1, 0.15) is 35.7 Å². The fraction of sp³-hybridized carbons (Fsp3) is 0.312. The Hall–Kier alpha value is -2.81. The summed E-state index contributed by atoms with van der Waals surface area (Å²) < 4.78 is 1.88. The number of fused-ring (bicyclic) bond motifs is 1. The molecule has 0 fully saturated rings. The molecule has 2 amide bonds. The maximum atomic E-state index is 12.1. The van der Waals surface area contributed by atoms with Crippen LogP contribution in [0.4, 0.5) is 10.5 Å². The van der Waals surface area contributed by atoms with Crippen molar-refractivity contribution < 1.29 is 4.79 Å². The first-order valence-electron chi connectivity index (χ1n) is 7.26. The predicted molar refractivity (Wildman–Crippen MR) is 82.2 cm³/mol. The minimum atomic E-state index is -0.244. The largest absolute Gasteiger partial charge is 0.331 e. The Balaban J connectivity index is 1.66. The van der Waals surface area contributed by atoms with Crippen molar-refractivity contribution in [2.24, 2.45) is 7.05 Å². The van der Waals surface area contributed by atoms with Crippen LogP contribution in [0, 0.1) is 11.3 Å². The smallest absolute Gasteiger partial charge is 0.319 e. The minimum Gasteiger partial charge on any atom is -0.331 e. The number of anilines is 1. The number of amides is 2. The summed E-state index contributed by atoms with van der Waals surface area (Å²) in [5, 5.41) is 18.8. The van der Waals surface area contributed by atoms with Gasteiger partial charge in [-0.1, -0.05) is 0 Å². The molecule has 1 atom stereocenters. The molecule has 1 aromatic carbocycles. The minimum absolute atomic E-state index is 0.00386. The molecular weight excluding hydrogens is 278 g/mol. The first kappa shape index (κ1) is 14.1. The van der Waals surface area contributed by atoms with E-state index in [0.29, 0.717) is 11.3 Å². The molecule has 1 aliphatic rings. The van der Waals surface area contributed by atoms with Crippen LogP contribution < -0.4 is 10.6 Å². The van der Waals surface area contributed by atoms with Crippen molar-refractivity contribution in [2.45, 2.75) is 25.3 Å². The van der Waals surface area contributed by atoms with Gasteiger partial charge in [0.25, 0.3) is 0 Å². The van der Waals surface area contributed by atoms with Gasteiger partial charge in [-0.05, 0) is 43.5 Å². The molecule has 1 heterocycles. The molecule has 0 bridgehead atoms. The number of rotatable bonds is 2. The van der Waals surface area contributed by atoms with Gasteiger partial charge in [-0.15, -0.1) is 0 Å². The number of aromatic nitrogens is 2. The fourth-order valence-electron chi connectivity index (χ4n) is 2.81. The molecule has 112 valence electrons. The van der Waals surface area contributed by atoms with Gasteiger partial charge in [0.15, 0.2) is 0 Å². The average molecular weight is 295 g/mol. The zero-order chi connectivity index (χ0) is 15.5. The van der Waals surface area contributed by atoms with Crippen LogP contribution in [0.25, 0.3) is 0 Å². The van der Waals surface area contributed by atoms with E-state index in [2.05, 4.69) is 15.7 Å². The van der Waals surface area contributed by atoms with Gasteiger partial charge in [-0.25, -0.2) is 4.79 Å². The number of nitrogens with zero attached hydrogens (tertiary/aromatic N) is 3.